The van der Waals surface area contributed by atoms with Gasteiger partial charge in [-0.05, 0) is 29.8 Å². The van der Waals surface area contributed by atoms with E-state index in [2.05, 4.69) is 0 Å². The molecule has 2 aromatic rings. The SMILES string of the molecule is COC(=O)[C@]1(Cc2ccccc2)CC(=O)N1c1ccc(OC)cc1. The molecule has 0 saturated carbocycles. The molecule has 1 aliphatic heterocycles. The highest BCUT2D eigenvalue weighted by atomic mass is 16.5. The molecule has 0 unspecified atom stereocenters. The van der Waals surface area contributed by atoms with Gasteiger partial charge in [-0.1, -0.05) is 30.3 Å². The summed E-state index contributed by atoms with van der Waals surface area (Å²) in [7, 11) is 2.93. The Bertz CT molecular complexity index is 742. The van der Waals surface area contributed by atoms with Crippen molar-refractivity contribution in [3.05, 3.63) is 60.2 Å². The molecule has 0 spiro atoms. The second-order valence-corrected chi connectivity index (χ2v) is 5.79. The first-order valence-corrected chi connectivity index (χ1v) is 7.70. The Balaban J connectivity index is 1.98. The molecule has 0 N–H and O–H groups in total. The van der Waals surface area contributed by atoms with Gasteiger partial charge in [0.2, 0.25) is 5.91 Å². The molecule has 0 radical (unpaired) electrons. The topological polar surface area (TPSA) is 55.8 Å². The van der Waals surface area contributed by atoms with Gasteiger partial charge < -0.3 is 9.47 Å². The molecule has 1 atom stereocenters. The van der Waals surface area contributed by atoms with Crippen LogP contribution in [0.25, 0.3) is 0 Å². The summed E-state index contributed by atoms with van der Waals surface area (Å²) in [5, 5.41) is 0. The quantitative estimate of drug-likeness (QED) is 0.626. The van der Waals surface area contributed by atoms with Crippen molar-refractivity contribution in [3.8, 4) is 5.75 Å². The van der Waals surface area contributed by atoms with E-state index in [0.717, 1.165) is 5.56 Å². The predicted octanol–water partition coefficient (Wildman–Crippen LogP) is 2.59. The Hall–Kier alpha value is -2.82. The molecule has 24 heavy (non-hydrogen) atoms. The van der Waals surface area contributed by atoms with E-state index in [9.17, 15) is 9.59 Å². The van der Waals surface area contributed by atoms with Crippen molar-refractivity contribution in [3.63, 3.8) is 0 Å². The maximum absolute atomic E-state index is 12.5. The third-order valence-corrected chi connectivity index (χ3v) is 4.36. The van der Waals surface area contributed by atoms with E-state index >= 15 is 0 Å². The van der Waals surface area contributed by atoms with Crippen LogP contribution in [0, 0.1) is 0 Å². The lowest BCUT2D eigenvalue weighted by molar-refractivity contribution is -0.155. The second-order valence-electron chi connectivity index (χ2n) is 5.79. The zero-order valence-corrected chi connectivity index (χ0v) is 13.7. The summed E-state index contributed by atoms with van der Waals surface area (Å²) in [5.74, 6) is 0.196. The number of nitrogens with zero attached hydrogens (tertiary/aromatic N) is 1. The third kappa shape index (κ3) is 2.62. The minimum Gasteiger partial charge on any atom is -0.497 e. The lowest BCUT2D eigenvalue weighted by Crippen LogP contribution is -2.69. The highest BCUT2D eigenvalue weighted by Crippen LogP contribution is 2.41. The molecule has 1 heterocycles. The molecular weight excluding hydrogens is 306 g/mol. The zero-order valence-electron chi connectivity index (χ0n) is 13.7. The molecule has 0 bridgehead atoms. The van der Waals surface area contributed by atoms with Gasteiger partial charge in [0.05, 0.1) is 20.6 Å². The fourth-order valence-corrected chi connectivity index (χ4v) is 3.18. The Morgan fingerprint density at radius 3 is 2.29 bits per heavy atom. The number of methoxy groups -OCH3 is 2. The fraction of sp³-hybridized carbons (Fsp3) is 0.263. The Morgan fingerprint density at radius 1 is 1.08 bits per heavy atom. The van der Waals surface area contributed by atoms with E-state index in [0.29, 0.717) is 17.9 Å². The van der Waals surface area contributed by atoms with Crippen molar-refractivity contribution in [1.29, 1.82) is 0 Å². The van der Waals surface area contributed by atoms with Gasteiger partial charge in [0, 0.05) is 12.1 Å². The Kier molecular flexibility index (Phi) is 4.25. The minimum atomic E-state index is -0.998. The average Bonchev–Trinajstić information content (AvgIpc) is 2.61. The van der Waals surface area contributed by atoms with Gasteiger partial charge in [-0.15, -0.1) is 0 Å². The molecule has 1 saturated heterocycles. The second kappa shape index (κ2) is 6.35. The highest BCUT2D eigenvalue weighted by molar-refractivity contribution is 6.12. The number of ether oxygens (including phenoxy) is 2. The van der Waals surface area contributed by atoms with Crippen LogP contribution in [0.4, 0.5) is 5.69 Å². The van der Waals surface area contributed by atoms with E-state index in [4.69, 9.17) is 9.47 Å². The standard InChI is InChI=1S/C19H19NO4/c1-23-16-10-8-15(9-11-16)20-17(21)13-19(20,18(22)24-2)12-14-6-4-3-5-7-14/h3-11H,12-13H2,1-2H3/t19-/m0/s1. The van der Waals surface area contributed by atoms with Crippen LogP contribution in [0.15, 0.2) is 54.6 Å². The van der Waals surface area contributed by atoms with Crippen molar-refractivity contribution in [2.45, 2.75) is 18.4 Å². The van der Waals surface area contributed by atoms with Gasteiger partial charge in [-0.3, -0.25) is 9.69 Å². The fourth-order valence-electron chi connectivity index (χ4n) is 3.18. The summed E-state index contributed by atoms with van der Waals surface area (Å²) in [6, 6.07) is 16.7. The van der Waals surface area contributed by atoms with E-state index in [1.54, 1.807) is 31.4 Å². The van der Waals surface area contributed by atoms with Crippen LogP contribution in [0.2, 0.25) is 0 Å². The number of benzene rings is 2. The Labute approximate surface area is 140 Å². The van der Waals surface area contributed by atoms with Crippen LogP contribution >= 0.6 is 0 Å². The van der Waals surface area contributed by atoms with Crippen LogP contribution in [-0.4, -0.2) is 31.6 Å². The molecule has 0 aromatic heterocycles. The lowest BCUT2D eigenvalue weighted by atomic mass is 9.78. The van der Waals surface area contributed by atoms with Gasteiger partial charge in [0.25, 0.3) is 0 Å². The predicted molar refractivity (Wildman–Crippen MR) is 90.0 cm³/mol. The van der Waals surface area contributed by atoms with Crippen molar-refractivity contribution < 1.29 is 19.1 Å². The molecular formula is C19H19NO4. The summed E-state index contributed by atoms with van der Waals surface area (Å²) in [4.78, 5) is 26.4. The van der Waals surface area contributed by atoms with Gasteiger partial charge in [-0.2, -0.15) is 0 Å². The number of amides is 1. The Morgan fingerprint density at radius 2 is 1.75 bits per heavy atom. The minimum absolute atomic E-state index is 0.0958. The van der Waals surface area contributed by atoms with Crippen LogP contribution in [0.1, 0.15) is 12.0 Å². The van der Waals surface area contributed by atoms with E-state index in [-0.39, 0.29) is 12.3 Å². The van der Waals surface area contributed by atoms with E-state index in [1.165, 1.54) is 12.0 Å². The molecule has 3 rings (SSSR count). The largest absolute Gasteiger partial charge is 0.497 e. The number of carbonyl (C=O) groups is 2. The molecule has 1 fully saturated rings. The average molecular weight is 325 g/mol. The zero-order chi connectivity index (χ0) is 17.2. The first kappa shape index (κ1) is 16.1. The summed E-state index contributed by atoms with van der Waals surface area (Å²) in [6.07, 6.45) is 0.554. The van der Waals surface area contributed by atoms with Gasteiger partial charge in [0.15, 0.2) is 5.54 Å². The first-order valence-electron chi connectivity index (χ1n) is 7.70. The highest BCUT2D eigenvalue weighted by Gasteiger charge is 2.58. The molecule has 0 aliphatic carbocycles. The monoisotopic (exact) mass is 325 g/mol. The summed E-state index contributed by atoms with van der Waals surface area (Å²) in [5.41, 5.74) is 0.643. The number of anilines is 1. The van der Waals surface area contributed by atoms with Crippen LogP contribution < -0.4 is 9.64 Å². The first-order chi connectivity index (χ1) is 11.6. The molecule has 124 valence electrons. The molecule has 2 aromatic carbocycles. The van der Waals surface area contributed by atoms with Crippen molar-refractivity contribution in [2.75, 3.05) is 19.1 Å². The number of hydrogen-bond donors (Lipinski definition) is 0. The van der Waals surface area contributed by atoms with Crippen LogP contribution in [0.3, 0.4) is 0 Å². The molecule has 1 aliphatic rings. The summed E-state index contributed by atoms with van der Waals surface area (Å²) in [6.45, 7) is 0. The van der Waals surface area contributed by atoms with Crippen LogP contribution in [0.5, 0.6) is 5.75 Å². The molecule has 5 heteroatoms. The normalized spacial score (nSPS) is 19.6. The summed E-state index contributed by atoms with van der Waals surface area (Å²) >= 11 is 0. The molecule has 1 amide bonds. The van der Waals surface area contributed by atoms with E-state index in [1.807, 2.05) is 30.3 Å². The van der Waals surface area contributed by atoms with Crippen molar-refractivity contribution in [2.24, 2.45) is 0 Å². The number of esters is 1. The number of β-lactam (4-membered cyclic amide) rings is 1. The lowest BCUT2D eigenvalue weighted by Gasteiger charge is -2.49. The van der Waals surface area contributed by atoms with Gasteiger partial charge in [-0.25, -0.2) is 4.79 Å². The van der Waals surface area contributed by atoms with E-state index < -0.39 is 11.5 Å². The maximum Gasteiger partial charge on any atom is 0.333 e. The smallest absolute Gasteiger partial charge is 0.333 e. The third-order valence-electron chi connectivity index (χ3n) is 4.36. The van der Waals surface area contributed by atoms with Gasteiger partial charge in [0.1, 0.15) is 5.75 Å². The van der Waals surface area contributed by atoms with Crippen LogP contribution in [-0.2, 0) is 20.7 Å². The number of rotatable bonds is 5. The summed E-state index contributed by atoms with van der Waals surface area (Å²) < 4.78 is 10.2. The van der Waals surface area contributed by atoms with Crippen molar-refractivity contribution >= 4 is 17.6 Å². The van der Waals surface area contributed by atoms with Gasteiger partial charge >= 0.3 is 5.97 Å². The number of hydrogen-bond acceptors (Lipinski definition) is 4. The maximum atomic E-state index is 12.5. The van der Waals surface area contributed by atoms with Crippen molar-refractivity contribution in [1.82, 2.24) is 0 Å². The molecule has 5 nitrogen and oxygen atoms in total. The number of carbonyl (C=O) groups excluding carboxylic acids is 2.